The van der Waals surface area contributed by atoms with Crippen molar-refractivity contribution < 1.29 is 4.39 Å². The molecule has 2 aromatic rings. The number of nitrogens with zero attached hydrogens (tertiary/aromatic N) is 1. The normalized spacial score (nSPS) is 10.7. The van der Waals surface area contributed by atoms with E-state index in [1.54, 1.807) is 6.07 Å². The quantitative estimate of drug-likeness (QED) is 0.623. The van der Waals surface area contributed by atoms with Crippen molar-refractivity contribution in [3.05, 3.63) is 24.0 Å². The molecule has 0 aliphatic carbocycles. The summed E-state index contributed by atoms with van der Waals surface area (Å²) in [5.41, 5.74) is 0.807. The van der Waals surface area contributed by atoms with Crippen molar-refractivity contribution in [1.29, 1.82) is 0 Å². The summed E-state index contributed by atoms with van der Waals surface area (Å²) in [6.07, 6.45) is 0. The van der Waals surface area contributed by atoms with Gasteiger partial charge < -0.3 is 0 Å². The SMILES string of the molecule is Fc1ccc2nc(S)sc2c1. The van der Waals surface area contributed by atoms with Crippen LogP contribution in [0.5, 0.6) is 0 Å². The molecule has 2 rings (SSSR count). The highest BCUT2D eigenvalue weighted by Gasteiger charge is 2.00. The van der Waals surface area contributed by atoms with Crippen molar-refractivity contribution in [1.82, 2.24) is 4.98 Å². The van der Waals surface area contributed by atoms with E-state index in [-0.39, 0.29) is 5.82 Å². The van der Waals surface area contributed by atoms with Crippen LogP contribution in [0.4, 0.5) is 4.39 Å². The molecule has 0 amide bonds. The lowest BCUT2D eigenvalue weighted by atomic mass is 10.3. The Labute approximate surface area is 72.3 Å². The van der Waals surface area contributed by atoms with Gasteiger partial charge in [-0.05, 0) is 18.2 Å². The van der Waals surface area contributed by atoms with Gasteiger partial charge >= 0.3 is 0 Å². The van der Waals surface area contributed by atoms with Gasteiger partial charge in [-0.1, -0.05) is 0 Å². The molecule has 0 saturated heterocycles. The molecule has 0 fully saturated rings. The second kappa shape index (κ2) is 2.46. The van der Waals surface area contributed by atoms with Crippen LogP contribution in [-0.2, 0) is 0 Å². The highest BCUT2D eigenvalue weighted by molar-refractivity contribution is 7.82. The van der Waals surface area contributed by atoms with Gasteiger partial charge in [-0.2, -0.15) is 0 Å². The fraction of sp³-hybridized carbons (Fsp3) is 0. The lowest BCUT2D eigenvalue weighted by Gasteiger charge is -1.85. The number of fused-ring (bicyclic) bond motifs is 1. The summed E-state index contributed by atoms with van der Waals surface area (Å²) in [7, 11) is 0. The van der Waals surface area contributed by atoms with Gasteiger partial charge in [-0.15, -0.1) is 24.0 Å². The Morgan fingerprint density at radius 3 is 3.09 bits per heavy atom. The summed E-state index contributed by atoms with van der Waals surface area (Å²) >= 11 is 5.44. The van der Waals surface area contributed by atoms with E-state index in [0.29, 0.717) is 4.34 Å². The molecular formula is C7H4FNS2. The zero-order chi connectivity index (χ0) is 7.84. The predicted octanol–water partition coefficient (Wildman–Crippen LogP) is 2.72. The molecule has 1 heterocycles. The molecule has 4 heteroatoms. The Morgan fingerprint density at radius 2 is 2.27 bits per heavy atom. The fourth-order valence-electron chi connectivity index (χ4n) is 0.886. The lowest BCUT2D eigenvalue weighted by molar-refractivity contribution is 0.630. The van der Waals surface area contributed by atoms with Gasteiger partial charge in [-0.3, -0.25) is 0 Å². The molecule has 11 heavy (non-hydrogen) atoms. The van der Waals surface area contributed by atoms with Crippen LogP contribution in [0, 0.1) is 5.82 Å². The number of rotatable bonds is 0. The maximum Gasteiger partial charge on any atom is 0.148 e. The van der Waals surface area contributed by atoms with E-state index < -0.39 is 0 Å². The average molecular weight is 185 g/mol. The molecule has 0 unspecified atom stereocenters. The van der Waals surface area contributed by atoms with Crippen molar-refractivity contribution in [2.24, 2.45) is 0 Å². The van der Waals surface area contributed by atoms with Crippen LogP contribution in [-0.4, -0.2) is 4.98 Å². The Bertz CT molecular complexity index is 396. The zero-order valence-electron chi connectivity index (χ0n) is 5.41. The minimum absolute atomic E-state index is 0.227. The Kier molecular flexibility index (Phi) is 1.58. The second-order valence-corrected chi connectivity index (χ2v) is 3.87. The van der Waals surface area contributed by atoms with E-state index in [1.165, 1.54) is 23.5 Å². The minimum atomic E-state index is -0.227. The lowest BCUT2D eigenvalue weighted by Crippen LogP contribution is -1.70. The van der Waals surface area contributed by atoms with Gasteiger partial charge in [0.05, 0.1) is 10.2 Å². The van der Waals surface area contributed by atoms with Crippen LogP contribution in [0.1, 0.15) is 0 Å². The molecule has 1 aromatic heterocycles. The molecule has 0 spiro atoms. The van der Waals surface area contributed by atoms with Crippen molar-refractivity contribution >= 4 is 34.2 Å². The third-order valence-electron chi connectivity index (χ3n) is 1.34. The molecule has 0 atom stereocenters. The molecule has 0 aliphatic heterocycles. The molecular weight excluding hydrogens is 181 g/mol. The number of hydrogen-bond donors (Lipinski definition) is 1. The van der Waals surface area contributed by atoms with Crippen LogP contribution < -0.4 is 0 Å². The third kappa shape index (κ3) is 1.23. The molecule has 1 nitrogen and oxygen atoms in total. The van der Waals surface area contributed by atoms with E-state index in [0.717, 1.165) is 10.2 Å². The number of benzene rings is 1. The van der Waals surface area contributed by atoms with E-state index in [2.05, 4.69) is 17.6 Å². The van der Waals surface area contributed by atoms with Gasteiger partial charge in [-0.25, -0.2) is 9.37 Å². The van der Waals surface area contributed by atoms with Gasteiger partial charge in [0, 0.05) is 0 Å². The first-order valence-corrected chi connectivity index (χ1v) is 4.27. The molecule has 0 aliphatic rings. The van der Waals surface area contributed by atoms with Crippen LogP contribution >= 0.6 is 24.0 Å². The summed E-state index contributed by atoms with van der Waals surface area (Å²) in [4.78, 5) is 4.07. The summed E-state index contributed by atoms with van der Waals surface area (Å²) in [5.74, 6) is -0.227. The van der Waals surface area contributed by atoms with Gasteiger partial charge in [0.1, 0.15) is 10.2 Å². The van der Waals surface area contributed by atoms with Gasteiger partial charge in [0.25, 0.3) is 0 Å². The van der Waals surface area contributed by atoms with Crippen molar-refractivity contribution in [3.8, 4) is 0 Å². The number of thiazole rings is 1. The maximum atomic E-state index is 12.6. The van der Waals surface area contributed by atoms with Crippen LogP contribution in [0.3, 0.4) is 0 Å². The minimum Gasteiger partial charge on any atom is -0.230 e. The summed E-state index contributed by atoms with van der Waals surface area (Å²) in [6.45, 7) is 0. The smallest absolute Gasteiger partial charge is 0.148 e. The highest BCUT2D eigenvalue weighted by Crippen LogP contribution is 2.24. The standard InChI is InChI=1S/C7H4FNS2/c8-4-1-2-5-6(3-4)11-7(10)9-5/h1-3H,(H,9,10). The fourth-order valence-corrected chi connectivity index (χ4v) is 2.02. The Hall–Kier alpha value is -0.610. The number of hydrogen-bond acceptors (Lipinski definition) is 3. The van der Waals surface area contributed by atoms with Crippen LogP contribution in [0.15, 0.2) is 22.5 Å². The highest BCUT2D eigenvalue weighted by atomic mass is 32.2. The van der Waals surface area contributed by atoms with Gasteiger partial charge in [0.2, 0.25) is 0 Å². The number of halogens is 1. The first kappa shape index (κ1) is 7.06. The van der Waals surface area contributed by atoms with Crippen molar-refractivity contribution in [3.63, 3.8) is 0 Å². The van der Waals surface area contributed by atoms with Crippen molar-refractivity contribution in [2.45, 2.75) is 4.34 Å². The third-order valence-corrected chi connectivity index (χ3v) is 2.53. The van der Waals surface area contributed by atoms with E-state index >= 15 is 0 Å². The molecule has 0 saturated carbocycles. The van der Waals surface area contributed by atoms with E-state index in [9.17, 15) is 4.39 Å². The monoisotopic (exact) mass is 185 g/mol. The number of thiol groups is 1. The summed E-state index contributed by atoms with van der Waals surface area (Å²) < 4.78 is 14.1. The summed E-state index contributed by atoms with van der Waals surface area (Å²) in [6, 6.07) is 4.52. The number of aromatic nitrogens is 1. The predicted molar refractivity (Wildman–Crippen MR) is 46.8 cm³/mol. The Balaban J connectivity index is 2.82. The zero-order valence-corrected chi connectivity index (χ0v) is 7.12. The largest absolute Gasteiger partial charge is 0.230 e. The first-order valence-electron chi connectivity index (χ1n) is 3.01. The second-order valence-electron chi connectivity index (χ2n) is 2.11. The topological polar surface area (TPSA) is 12.9 Å². The van der Waals surface area contributed by atoms with E-state index in [4.69, 9.17) is 0 Å². The Morgan fingerprint density at radius 1 is 1.45 bits per heavy atom. The van der Waals surface area contributed by atoms with Crippen LogP contribution in [0.2, 0.25) is 0 Å². The van der Waals surface area contributed by atoms with E-state index in [1.807, 2.05) is 0 Å². The molecule has 0 bridgehead atoms. The first-order chi connectivity index (χ1) is 5.25. The molecule has 1 aromatic carbocycles. The van der Waals surface area contributed by atoms with Crippen molar-refractivity contribution in [2.75, 3.05) is 0 Å². The molecule has 0 N–H and O–H groups in total. The van der Waals surface area contributed by atoms with Gasteiger partial charge in [0.15, 0.2) is 0 Å². The maximum absolute atomic E-state index is 12.6. The molecule has 56 valence electrons. The molecule has 0 radical (unpaired) electrons. The van der Waals surface area contributed by atoms with Crippen LogP contribution in [0.25, 0.3) is 10.2 Å². The summed E-state index contributed by atoms with van der Waals surface area (Å²) in [5, 5.41) is 0. The average Bonchev–Trinajstić information content (AvgIpc) is 2.27.